The molecule has 1 fully saturated rings. The number of sulfonamides is 1. The van der Waals surface area contributed by atoms with Gasteiger partial charge in [-0.2, -0.15) is 4.31 Å². The Morgan fingerprint density at radius 2 is 2.04 bits per heavy atom. The van der Waals surface area contributed by atoms with Gasteiger partial charge in [-0.05, 0) is 18.6 Å². The summed E-state index contributed by atoms with van der Waals surface area (Å²) >= 11 is 5.93. The van der Waals surface area contributed by atoms with Crippen LogP contribution in [0, 0.1) is 0 Å². The Kier molecular flexibility index (Phi) is 5.34. The van der Waals surface area contributed by atoms with Crippen molar-refractivity contribution in [2.75, 3.05) is 29.6 Å². The molecule has 1 N–H and O–H groups in total. The van der Waals surface area contributed by atoms with E-state index in [0.717, 1.165) is 10.6 Å². The smallest absolute Gasteiger partial charge is 0.239 e. The quantitative estimate of drug-likeness (QED) is 0.811. The zero-order chi connectivity index (χ0) is 17.3. The fraction of sp³-hybridized carbons (Fsp3) is 0.462. The number of amides is 1. The van der Waals surface area contributed by atoms with Crippen LogP contribution in [0.5, 0.6) is 0 Å². The number of rotatable bonds is 5. The van der Waals surface area contributed by atoms with Crippen LogP contribution < -0.4 is 5.32 Å². The molecule has 0 aliphatic carbocycles. The predicted molar refractivity (Wildman–Crippen MR) is 88.7 cm³/mol. The van der Waals surface area contributed by atoms with Gasteiger partial charge >= 0.3 is 0 Å². The second-order valence-corrected chi connectivity index (χ2v) is 9.96. The topological polar surface area (TPSA) is 101 Å². The van der Waals surface area contributed by atoms with Gasteiger partial charge in [0.1, 0.15) is 0 Å². The number of para-hydroxylation sites is 1. The van der Waals surface area contributed by atoms with E-state index in [4.69, 9.17) is 11.6 Å². The standard InChI is InChI=1S/C13H17ClN2O5S2/c1-22(18,19)16(10-6-7-23(20,21)9-10)8-13(17)15-12-5-3-2-4-11(12)14/h2-5,10H,6-9H2,1H3,(H,15,17). The maximum absolute atomic E-state index is 12.1. The highest BCUT2D eigenvalue weighted by atomic mass is 35.5. The summed E-state index contributed by atoms with van der Waals surface area (Å²) in [7, 11) is -6.98. The number of nitrogens with zero attached hydrogens (tertiary/aromatic N) is 1. The van der Waals surface area contributed by atoms with Crippen LogP contribution in [0.25, 0.3) is 0 Å². The van der Waals surface area contributed by atoms with Gasteiger partial charge in [-0.3, -0.25) is 4.79 Å². The lowest BCUT2D eigenvalue weighted by atomic mass is 10.2. The Morgan fingerprint density at radius 3 is 2.57 bits per heavy atom. The van der Waals surface area contributed by atoms with Crippen LogP contribution in [0.1, 0.15) is 6.42 Å². The average Bonchev–Trinajstić information content (AvgIpc) is 2.77. The third kappa shape index (κ3) is 4.90. The number of hydrogen-bond donors (Lipinski definition) is 1. The van der Waals surface area contributed by atoms with Gasteiger partial charge < -0.3 is 5.32 Å². The van der Waals surface area contributed by atoms with Crippen molar-refractivity contribution in [2.24, 2.45) is 0 Å². The molecule has 1 atom stereocenters. The third-order valence-electron chi connectivity index (χ3n) is 3.49. The van der Waals surface area contributed by atoms with Gasteiger partial charge in [0, 0.05) is 6.04 Å². The molecule has 0 aromatic heterocycles. The van der Waals surface area contributed by atoms with E-state index in [0.29, 0.717) is 10.7 Å². The molecule has 2 rings (SSSR count). The van der Waals surface area contributed by atoms with Crippen molar-refractivity contribution >= 4 is 43.1 Å². The molecule has 128 valence electrons. The molecule has 1 aromatic rings. The number of nitrogens with one attached hydrogen (secondary N) is 1. The molecule has 0 bridgehead atoms. The van der Waals surface area contributed by atoms with Crippen LogP contribution in [-0.2, 0) is 24.7 Å². The van der Waals surface area contributed by atoms with Crippen LogP contribution in [0.2, 0.25) is 5.02 Å². The number of anilines is 1. The van der Waals surface area contributed by atoms with Crippen molar-refractivity contribution in [1.29, 1.82) is 0 Å². The summed E-state index contributed by atoms with van der Waals surface area (Å²) in [5.74, 6) is -0.914. The van der Waals surface area contributed by atoms with Crippen LogP contribution in [-0.4, -0.2) is 57.4 Å². The molecule has 1 saturated heterocycles. The van der Waals surface area contributed by atoms with Crippen molar-refractivity contribution in [2.45, 2.75) is 12.5 Å². The number of benzene rings is 1. The predicted octanol–water partition coefficient (Wildman–Crippen LogP) is 0.727. The van der Waals surface area contributed by atoms with Gasteiger partial charge in [-0.15, -0.1) is 0 Å². The van der Waals surface area contributed by atoms with Crippen LogP contribution in [0.4, 0.5) is 5.69 Å². The highest BCUT2D eigenvalue weighted by Gasteiger charge is 2.37. The van der Waals surface area contributed by atoms with E-state index in [1.165, 1.54) is 0 Å². The Balaban J connectivity index is 2.13. The van der Waals surface area contributed by atoms with Gasteiger partial charge in [0.05, 0.1) is 35.0 Å². The Bertz CT molecular complexity index is 807. The number of carbonyl (C=O) groups is 1. The molecule has 7 nitrogen and oxygen atoms in total. The van der Waals surface area contributed by atoms with E-state index in [-0.39, 0.29) is 17.9 Å². The number of halogens is 1. The maximum Gasteiger partial charge on any atom is 0.239 e. The van der Waals surface area contributed by atoms with E-state index < -0.39 is 38.4 Å². The fourth-order valence-electron chi connectivity index (χ4n) is 2.41. The summed E-state index contributed by atoms with van der Waals surface area (Å²) in [6.07, 6.45) is 1.15. The highest BCUT2D eigenvalue weighted by Crippen LogP contribution is 2.22. The molecule has 23 heavy (non-hydrogen) atoms. The first-order valence-corrected chi connectivity index (χ1v) is 10.8. The zero-order valence-corrected chi connectivity index (χ0v) is 14.8. The van der Waals surface area contributed by atoms with Crippen molar-refractivity contribution in [3.63, 3.8) is 0 Å². The average molecular weight is 381 g/mol. The maximum atomic E-state index is 12.1. The second kappa shape index (κ2) is 6.76. The summed E-state index contributed by atoms with van der Waals surface area (Å²) < 4.78 is 47.9. The van der Waals surface area contributed by atoms with E-state index >= 15 is 0 Å². The highest BCUT2D eigenvalue weighted by molar-refractivity contribution is 7.92. The first kappa shape index (κ1) is 18.2. The fourth-order valence-corrected chi connectivity index (χ4v) is 5.49. The molecular weight excluding hydrogens is 364 g/mol. The Morgan fingerprint density at radius 1 is 1.39 bits per heavy atom. The van der Waals surface area contributed by atoms with Gasteiger partial charge in [0.25, 0.3) is 0 Å². The van der Waals surface area contributed by atoms with Crippen LogP contribution in [0.3, 0.4) is 0 Å². The van der Waals surface area contributed by atoms with Crippen LogP contribution >= 0.6 is 11.6 Å². The lowest BCUT2D eigenvalue weighted by Gasteiger charge is -2.25. The molecule has 1 amide bonds. The number of sulfone groups is 1. The minimum absolute atomic E-state index is 0.0736. The molecule has 0 spiro atoms. The number of hydrogen-bond acceptors (Lipinski definition) is 5. The number of carbonyl (C=O) groups excluding carboxylic acids is 1. The van der Waals surface area contributed by atoms with Gasteiger partial charge in [-0.25, -0.2) is 16.8 Å². The van der Waals surface area contributed by atoms with Gasteiger partial charge in [0.15, 0.2) is 9.84 Å². The van der Waals surface area contributed by atoms with E-state index in [1.807, 2.05) is 0 Å². The lowest BCUT2D eigenvalue weighted by molar-refractivity contribution is -0.116. The molecule has 1 aromatic carbocycles. The minimum Gasteiger partial charge on any atom is -0.324 e. The molecule has 1 aliphatic rings. The van der Waals surface area contributed by atoms with Crippen molar-refractivity contribution < 1.29 is 21.6 Å². The molecule has 1 unspecified atom stereocenters. The summed E-state index contributed by atoms with van der Waals surface area (Å²) in [6.45, 7) is -0.454. The van der Waals surface area contributed by atoms with Crippen molar-refractivity contribution in [1.82, 2.24) is 4.31 Å². The zero-order valence-electron chi connectivity index (χ0n) is 12.4. The normalized spacial score (nSPS) is 20.6. The molecule has 10 heteroatoms. The SMILES string of the molecule is CS(=O)(=O)N(CC(=O)Nc1ccccc1Cl)C1CCS(=O)(=O)C1. The summed E-state index contributed by atoms with van der Waals surface area (Å²) in [4.78, 5) is 12.1. The first-order valence-electron chi connectivity index (χ1n) is 6.80. The molecule has 1 heterocycles. The molecule has 0 saturated carbocycles. The summed E-state index contributed by atoms with van der Waals surface area (Å²) in [5.41, 5.74) is 0.367. The van der Waals surface area contributed by atoms with Crippen LogP contribution in [0.15, 0.2) is 24.3 Å². The van der Waals surface area contributed by atoms with Crippen molar-refractivity contribution in [3.05, 3.63) is 29.3 Å². The van der Waals surface area contributed by atoms with Gasteiger partial charge in [-0.1, -0.05) is 23.7 Å². The van der Waals surface area contributed by atoms with E-state index in [9.17, 15) is 21.6 Å². The summed E-state index contributed by atoms with van der Waals surface area (Å²) in [5, 5.41) is 2.86. The van der Waals surface area contributed by atoms with E-state index in [1.54, 1.807) is 24.3 Å². The third-order valence-corrected chi connectivity index (χ3v) is 6.85. The minimum atomic E-state index is -3.72. The Labute approximate surface area is 140 Å². The largest absolute Gasteiger partial charge is 0.324 e. The first-order chi connectivity index (χ1) is 10.6. The molecular formula is C13H17ClN2O5S2. The van der Waals surface area contributed by atoms with Gasteiger partial charge in [0.2, 0.25) is 15.9 Å². The lowest BCUT2D eigenvalue weighted by Crippen LogP contribution is -2.44. The van der Waals surface area contributed by atoms with E-state index in [2.05, 4.69) is 5.32 Å². The summed E-state index contributed by atoms with van der Waals surface area (Å²) in [6, 6.07) is 5.84. The molecule has 1 aliphatic heterocycles. The monoisotopic (exact) mass is 380 g/mol. The Hall–Kier alpha value is -1.16. The second-order valence-electron chi connectivity index (χ2n) is 5.39. The molecule has 0 radical (unpaired) electrons. The van der Waals surface area contributed by atoms with Crippen molar-refractivity contribution in [3.8, 4) is 0 Å².